The van der Waals surface area contributed by atoms with Crippen LogP contribution in [0.25, 0.3) is 94.3 Å². The first kappa shape index (κ1) is 46.4. The number of pyridine rings is 1. The minimum Gasteiger partial charge on any atom is -0.507 e. The molecule has 4 heteroatoms. The Hall–Kier alpha value is -7.30. The molecule has 0 unspecified atom stereocenters. The van der Waals surface area contributed by atoms with E-state index in [1.807, 2.05) is 6.20 Å². The number of benzene rings is 8. The molecule has 0 spiro atoms. The van der Waals surface area contributed by atoms with E-state index in [1.54, 1.807) is 0 Å². The summed E-state index contributed by atoms with van der Waals surface area (Å²) >= 11 is 0. The van der Waals surface area contributed by atoms with Gasteiger partial charge in [-0.2, -0.15) is 0 Å². The van der Waals surface area contributed by atoms with Crippen molar-refractivity contribution in [2.45, 2.75) is 105 Å². The second-order valence-corrected chi connectivity index (χ2v) is 23.4. The molecule has 0 radical (unpaired) electrons. The van der Waals surface area contributed by atoms with E-state index >= 15 is 0 Å². The van der Waals surface area contributed by atoms with Gasteiger partial charge in [-0.3, -0.25) is 9.55 Å². The summed E-state index contributed by atoms with van der Waals surface area (Å²) in [6, 6.07) is 59.5. The van der Waals surface area contributed by atoms with Gasteiger partial charge >= 0.3 is 0 Å². The fourth-order valence-electron chi connectivity index (χ4n) is 9.94. The van der Waals surface area contributed by atoms with Gasteiger partial charge in [0.15, 0.2) is 0 Å². The predicted octanol–water partition coefficient (Wildman–Crippen LogP) is 18.0. The molecule has 350 valence electrons. The number of phenols is 1. The van der Waals surface area contributed by atoms with Gasteiger partial charge in [0.25, 0.3) is 0 Å². The van der Waals surface area contributed by atoms with Gasteiger partial charge in [0, 0.05) is 28.5 Å². The molecule has 0 saturated heterocycles. The van der Waals surface area contributed by atoms with Crippen LogP contribution in [0.5, 0.6) is 5.75 Å². The lowest BCUT2D eigenvalue weighted by atomic mass is 9.79. The summed E-state index contributed by atoms with van der Waals surface area (Å²) in [5, 5.41) is 17.6. The van der Waals surface area contributed by atoms with Gasteiger partial charge in [-0.15, -0.1) is 0 Å². The normalized spacial score (nSPS) is 12.6. The molecule has 0 saturated carbocycles. The van der Waals surface area contributed by atoms with Gasteiger partial charge in [0.05, 0.1) is 28.0 Å². The van der Waals surface area contributed by atoms with Crippen molar-refractivity contribution in [2.75, 3.05) is 0 Å². The molecule has 1 N–H and O–H groups in total. The zero-order valence-electron chi connectivity index (χ0n) is 43.0. The van der Waals surface area contributed by atoms with Gasteiger partial charge in [-0.25, -0.2) is 4.98 Å². The Morgan fingerprint density at radius 3 is 1.79 bits per heavy atom. The number of rotatable bonds is 6. The van der Waals surface area contributed by atoms with E-state index < -0.39 is 0 Å². The maximum absolute atomic E-state index is 12.6. The second kappa shape index (κ2) is 17.0. The highest BCUT2D eigenvalue weighted by atomic mass is 16.3. The van der Waals surface area contributed by atoms with Crippen molar-refractivity contribution >= 4 is 32.6 Å². The SMILES string of the molecule is CC(C)(C)c1cc(-c2cc(-c3ccc4c(ccc5ccccc54)c3)ccn2)cc(-c2cccc3c2nc(-c2cc(C(C)(C)C)cc(C(C)(C)C)c2O)n3-c2ccc(C(C)(C)C)cc2-c2ccccc2)c1. The number of fused-ring (bicyclic) bond motifs is 4. The topological polar surface area (TPSA) is 50.9 Å². The molecule has 10 aromatic rings. The van der Waals surface area contributed by atoms with Crippen LogP contribution in [-0.2, 0) is 21.7 Å². The number of aromatic nitrogens is 3. The zero-order valence-corrected chi connectivity index (χ0v) is 43.0. The van der Waals surface area contributed by atoms with Gasteiger partial charge in [0.2, 0.25) is 0 Å². The summed E-state index contributed by atoms with van der Waals surface area (Å²) < 4.78 is 2.30. The average molecular weight is 916 g/mol. The molecule has 70 heavy (non-hydrogen) atoms. The number of aromatic hydroxyl groups is 1. The summed E-state index contributed by atoms with van der Waals surface area (Å²) in [6.45, 7) is 26.9. The van der Waals surface area contributed by atoms with E-state index in [9.17, 15) is 5.11 Å². The van der Waals surface area contributed by atoms with Crippen LogP contribution < -0.4 is 0 Å². The van der Waals surface area contributed by atoms with E-state index in [0.29, 0.717) is 11.4 Å². The highest BCUT2D eigenvalue weighted by Crippen LogP contribution is 2.46. The van der Waals surface area contributed by atoms with E-state index in [2.05, 4.69) is 251 Å². The Balaban J connectivity index is 1.22. The number of nitrogens with zero attached hydrogens (tertiary/aromatic N) is 3. The van der Waals surface area contributed by atoms with Crippen molar-refractivity contribution in [3.8, 4) is 67.5 Å². The molecule has 0 aliphatic rings. The molecule has 0 aliphatic heterocycles. The third-order valence-corrected chi connectivity index (χ3v) is 14.1. The number of hydrogen-bond donors (Lipinski definition) is 1. The van der Waals surface area contributed by atoms with Crippen LogP contribution in [0.2, 0.25) is 0 Å². The summed E-state index contributed by atoms with van der Waals surface area (Å²) in [5.41, 5.74) is 15.8. The smallest absolute Gasteiger partial charge is 0.149 e. The Morgan fingerprint density at radius 2 is 1.06 bits per heavy atom. The van der Waals surface area contributed by atoms with E-state index in [-0.39, 0.29) is 27.4 Å². The zero-order chi connectivity index (χ0) is 49.5. The molecular weight excluding hydrogens is 851 g/mol. The lowest BCUT2D eigenvalue weighted by Crippen LogP contribution is -2.17. The maximum Gasteiger partial charge on any atom is 0.149 e. The Bertz CT molecular complexity index is 3640. The Kier molecular flexibility index (Phi) is 11.3. The molecule has 0 aliphatic carbocycles. The molecule has 0 fully saturated rings. The van der Waals surface area contributed by atoms with Crippen LogP contribution in [0, 0.1) is 0 Å². The van der Waals surface area contributed by atoms with Crippen molar-refractivity contribution in [1.29, 1.82) is 0 Å². The van der Waals surface area contributed by atoms with Crippen LogP contribution in [0.1, 0.15) is 105 Å². The van der Waals surface area contributed by atoms with Crippen LogP contribution >= 0.6 is 0 Å². The van der Waals surface area contributed by atoms with Crippen molar-refractivity contribution < 1.29 is 5.11 Å². The summed E-state index contributed by atoms with van der Waals surface area (Å²) in [4.78, 5) is 10.8. The Morgan fingerprint density at radius 1 is 0.414 bits per heavy atom. The fourth-order valence-corrected chi connectivity index (χ4v) is 9.94. The predicted molar refractivity (Wildman–Crippen MR) is 298 cm³/mol. The summed E-state index contributed by atoms with van der Waals surface area (Å²) in [7, 11) is 0. The minimum atomic E-state index is -0.329. The Labute approximate surface area is 414 Å². The number of hydrogen-bond acceptors (Lipinski definition) is 3. The molecule has 2 heterocycles. The molecule has 0 bridgehead atoms. The first-order chi connectivity index (χ1) is 33.1. The van der Waals surface area contributed by atoms with Gasteiger partial charge in [0.1, 0.15) is 11.6 Å². The number of imidazole rings is 1. The van der Waals surface area contributed by atoms with Crippen molar-refractivity contribution in [1.82, 2.24) is 14.5 Å². The molecule has 0 amide bonds. The van der Waals surface area contributed by atoms with Crippen LogP contribution in [0.15, 0.2) is 170 Å². The van der Waals surface area contributed by atoms with Crippen LogP contribution in [0.4, 0.5) is 0 Å². The van der Waals surface area contributed by atoms with Crippen molar-refractivity contribution in [2.24, 2.45) is 0 Å². The van der Waals surface area contributed by atoms with Gasteiger partial charge in [-0.05, 0) is 137 Å². The second-order valence-electron chi connectivity index (χ2n) is 23.4. The largest absolute Gasteiger partial charge is 0.507 e. The highest BCUT2D eigenvalue weighted by Gasteiger charge is 2.30. The van der Waals surface area contributed by atoms with Gasteiger partial charge in [-0.1, -0.05) is 192 Å². The molecule has 2 aromatic heterocycles. The first-order valence-electron chi connectivity index (χ1n) is 24.8. The maximum atomic E-state index is 12.6. The quantitative estimate of drug-likeness (QED) is 0.169. The third kappa shape index (κ3) is 8.59. The monoisotopic (exact) mass is 916 g/mol. The van der Waals surface area contributed by atoms with Crippen LogP contribution in [0.3, 0.4) is 0 Å². The summed E-state index contributed by atoms with van der Waals surface area (Å²) in [5.74, 6) is 0.955. The standard InChI is InChI=1S/C66H65N3O/c1-63(2,3)48-28-30-58(54(38-48)41-19-14-13-15-20-41)69-59-24-18-23-53(60(59)68-62(69)55-39-50(65(7,8)9)40-56(61(55)70)66(10,11)12)46-34-47(36-49(35-46)64(4,5)6)57-37-44(31-32-67-57)43-27-29-52-45(33-43)26-25-42-21-16-17-22-51(42)52/h13-40,70H,1-12H3. The molecule has 4 nitrogen and oxygen atoms in total. The molecular formula is C66H65N3O. The van der Waals surface area contributed by atoms with E-state index in [4.69, 9.17) is 9.97 Å². The van der Waals surface area contributed by atoms with E-state index in [1.165, 1.54) is 32.7 Å². The average Bonchev–Trinajstić information content (AvgIpc) is 3.72. The first-order valence-corrected chi connectivity index (χ1v) is 24.8. The third-order valence-electron chi connectivity index (χ3n) is 14.1. The molecule has 8 aromatic carbocycles. The van der Waals surface area contributed by atoms with Gasteiger partial charge < -0.3 is 5.11 Å². The lowest BCUT2D eigenvalue weighted by molar-refractivity contribution is 0.446. The number of phenolic OH excluding ortho intramolecular Hbond substituents is 1. The molecule has 0 atom stereocenters. The minimum absolute atomic E-state index is 0.0784. The highest BCUT2D eigenvalue weighted by molar-refractivity contribution is 6.08. The fraction of sp³-hybridized carbons (Fsp3) is 0.242. The summed E-state index contributed by atoms with van der Waals surface area (Å²) in [6.07, 6.45) is 1.94. The van der Waals surface area contributed by atoms with Crippen molar-refractivity contribution in [3.63, 3.8) is 0 Å². The molecule has 10 rings (SSSR count). The van der Waals surface area contributed by atoms with Crippen LogP contribution in [-0.4, -0.2) is 19.6 Å². The van der Waals surface area contributed by atoms with E-state index in [0.717, 1.165) is 72.5 Å². The van der Waals surface area contributed by atoms with Crippen molar-refractivity contribution in [3.05, 3.63) is 192 Å². The lowest BCUT2D eigenvalue weighted by Gasteiger charge is -2.28. The number of para-hydroxylation sites is 1.